The van der Waals surface area contributed by atoms with Gasteiger partial charge in [0.25, 0.3) is 5.91 Å². The summed E-state index contributed by atoms with van der Waals surface area (Å²) in [6.45, 7) is 2.05. The zero-order valence-electron chi connectivity index (χ0n) is 22.0. The van der Waals surface area contributed by atoms with Crippen LogP contribution in [0.5, 0.6) is 5.75 Å². The van der Waals surface area contributed by atoms with Crippen molar-refractivity contribution in [3.63, 3.8) is 0 Å². The maximum Gasteiger partial charge on any atom is 0.275 e. The van der Waals surface area contributed by atoms with Crippen LogP contribution < -0.4 is 21.1 Å². The number of amides is 1. The Labute approximate surface area is 248 Å². The van der Waals surface area contributed by atoms with Gasteiger partial charge in [-0.05, 0) is 70.5 Å². The van der Waals surface area contributed by atoms with E-state index in [1.54, 1.807) is 17.0 Å². The van der Waals surface area contributed by atoms with Crippen LogP contribution in [-0.4, -0.2) is 55.3 Å². The second-order valence-corrected chi connectivity index (χ2v) is 13.8. The van der Waals surface area contributed by atoms with E-state index < -0.39 is 24.7 Å². The van der Waals surface area contributed by atoms with Crippen LogP contribution >= 0.6 is 30.5 Å². The number of halogens is 3. The number of rotatable bonds is 9. The lowest BCUT2D eigenvalue weighted by Gasteiger charge is -2.28. The van der Waals surface area contributed by atoms with Crippen LogP contribution in [0.15, 0.2) is 70.6 Å². The molecule has 0 atom stereocenters. The largest absolute Gasteiger partial charge is 0.508 e. The lowest BCUT2D eigenvalue weighted by molar-refractivity contribution is -0.114. The molecule has 0 spiro atoms. The molecule has 5 rings (SSSR count). The van der Waals surface area contributed by atoms with E-state index in [1.165, 1.54) is 6.07 Å². The number of hydrogen-bond acceptors (Lipinski definition) is 8. The minimum absolute atomic E-state index is 0.0935. The smallest absolute Gasteiger partial charge is 0.275 e. The summed E-state index contributed by atoms with van der Waals surface area (Å²) in [4.78, 5) is 22.8. The maximum atomic E-state index is 14.3. The Bertz CT molecular complexity index is 1580. The molecule has 1 aromatic heterocycles. The van der Waals surface area contributed by atoms with Gasteiger partial charge in [-0.2, -0.15) is 4.98 Å². The van der Waals surface area contributed by atoms with Crippen molar-refractivity contribution in [2.75, 3.05) is 41.9 Å². The van der Waals surface area contributed by atoms with E-state index in [-0.39, 0.29) is 23.4 Å². The molecule has 0 unspecified atom stereocenters. The topological polar surface area (TPSA) is 112 Å². The Morgan fingerprint density at radius 3 is 2.73 bits per heavy atom. The standard InChI is InChI=1S/C29H29ClFIN6O3/c1-32-17-23(34-22-4-2-3-19(14-22)5-6-20-13-21(30)16-24(39)15-20)7-8-26(32)28(40)36-37-29-33-18-25(31)27(35-29)38-9-11-41-12-10-38/h2-4,7-8,13-18,34,39H,1,5-6,9-12H2,(H,36,40)(H,33,35,37). The minimum Gasteiger partial charge on any atom is -0.508 e. The van der Waals surface area contributed by atoms with Crippen molar-refractivity contribution in [1.29, 1.82) is 0 Å². The number of anilines is 3. The first-order valence-corrected chi connectivity index (χ1v) is 17.1. The number of aromatic hydroxyl groups is 1. The number of phenolic OH excluding ortho intramolecular Hbond substituents is 1. The number of carbonyl (C=O) groups is 1. The quantitative estimate of drug-likeness (QED) is 0.190. The van der Waals surface area contributed by atoms with E-state index in [9.17, 15) is 14.3 Å². The van der Waals surface area contributed by atoms with Crippen molar-refractivity contribution < 1.29 is 19.0 Å². The second-order valence-electron chi connectivity index (χ2n) is 9.33. The van der Waals surface area contributed by atoms with Gasteiger partial charge < -0.3 is 20.1 Å². The van der Waals surface area contributed by atoms with Gasteiger partial charge in [0.1, 0.15) is 5.75 Å². The van der Waals surface area contributed by atoms with Gasteiger partial charge in [0.15, 0.2) is 11.6 Å². The molecular weight excluding hydrogens is 662 g/mol. The molecule has 1 amide bonds. The Hall–Kier alpha value is -3.68. The number of morpholine rings is 1. The lowest BCUT2D eigenvalue weighted by atomic mass is 10.0. The molecule has 3 aromatic rings. The van der Waals surface area contributed by atoms with Crippen molar-refractivity contribution in [2.24, 2.45) is 0 Å². The summed E-state index contributed by atoms with van der Waals surface area (Å²) in [7, 11) is 0. The number of carbonyl (C=O) groups excluding carboxylic acids is 1. The SMILES string of the molecule is C=I1=C(C(=O)NNc2ncc(F)c(N3CCOCC3)n2)C=CC(Nc2cccc(CCc3cc(O)cc(Cl)c3)c2)=C1. The molecule has 2 aliphatic rings. The number of hydrogen-bond donors (Lipinski definition) is 4. The lowest BCUT2D eigenvalue weighted by Crippen LogP contribution is -2.38. The van der Waals surface area contributed by atoms with Crippen LogP contribution in [0.2, 0.25) is 5.02 Å². The zero-order valence-corrected chi connectivity index (χ0v) is 25.0. The average molecular weight is 691 g/mol. The molecule has 2 aromatic carbocycles. The molecule has 0 bridgehead atoms. The van der Waals surface area contributed by atoms with Crippen LogP contribution in [0.4, 0.5) is 21.8 Å². The molecule has 0 aliphatic carbocycles. The van der Waals surface area contributed by atoms with Crippen LogP contribution in [0.1, 0.15) is 11.1 Å². The number of hydrazine groups is 1. The van der Waals surface area contributed by atoms with E-state index >= 15 is 0 Å². The minimum atomic E-state index is -2.16. The summed E-state index contributed by atoms with van der Waals surface area (Å²) in [6, 6.07) is 13.2. The second kappa shape index (κ2) is 13.3. The molecular formula is C29H29ClFIN6O3. The average Bonchev–Trinajstić information content (AvgIpc) is 2.96. The highest BCUT2D eigenvalue weighted by molar-refractivity contribution is 14.2. The summed E-state index contributed by atoms with van der Waals surface area (Å²) in [5.74, 6) is -0.435. The molecule has 0 radical (unpaired) electrons. The molecule has 41 heavy (non-hydrogen) atoms. The van der Waals surface area contributed by atoms with E-state index in [0.29, 0.717) is 34.8 Å². The maximum absolute atomic E-state index is 14.3. The predicted molar refractivity (Wildman–Crippen MR) is 171 cm³/mol. The van der Waals surface area contributed by atoms with E-state index in [4.69, 9.17) is 16.3 Å². The zero-order chi connectivity index (χ0) is 28.8. The van der Waals surface area contributed by atoms with E-state index in [2.05, 4.69) is 42.8 Å². The third kappa shape index (κ3) is 7.75. The number of phenols is 1. The van der Waals surface area contributed by atoms with Crippen LogP contribution in [0.25, 0.3) is 0 Å². The van der Waals surface area contributed by atoms with Crippen molar-refractivity contribution in [1.82, 2.24) is 15.4 Å². The van der Waals surface area contributed by atoms with Gasteiger partial charge in [-0.15, -0.1) is 18.9 Å². The van der Waals surface area contributed by atoms with E-state index in [1.807, 2.05) is 28.4 Å². The number of benzene rings is 2. The summed E-state index contributed by atoms with van der Waals surface area (Å²) < 4.78 is 26.5. The van der Waals surface area contributed by atoms with Gasteiger partial charge in [0.2, 0.25) is 5.95 Å². The van der Waals surface area contributed by atoms with Gasteiger partial charge >= 0.3 is 0 Å². The number of aryl methyl sites for hydroxylation is 2. The van der Waals surface area contributed by atoms with Crippen molar-refractivity contribution >= 4 is 61.9 Å². The molecule has 9 nitrogen and oxygen atoms in total. The van der Waals surface area contributed by atoms with E-state index in [0.717, 1.165) is 41.5 Å². The van der Waals surface area contributed by atoms with Crippen LogP contribution in [0.3, 0.4) is 0 Å². The molecule has 1 fully saturated rings. The normalized spacial score (nSPS) is 15.4. The number of aromatic nitrogens is 2. The number of allylic oxidation sites excluding steroid dienone is 1. The molecule has 1 saturated heterocycles. The fourth-order valence-electron chi connectivity index (χ4n) is 4.36. The molecule has 12 heteroatoms. The predicted octanol–water partition coefficient (Wildman–Crippen LogP) is 4.67. The number of nitrogens with one attached hydrogen (secondary N) is 3. The molecule has 214 valence electrons. The van der Waals surface area contributed by atoms with Crippen molar-refractivity contribution in [3.05, 3.63) is 92.6 Å². The van der Waals surface area contributed by atoms with Gasteiger partial charge in [0.05, 0.1) is 22.9 Å². The summed E-state index contributed by atoms with van der Waals surface area (Å²) in [6.07, 6.45) is 6.23. The van der Waals surface area contributed by atoms with Gasteiger partial charge in [-0.1, -0.05) is 28.2 Å². The Kier molecular flexibility index (Phi) is 9.37. The summed E-state index contributed by atoms with van der Waals surface area (Å²) in [5.41, 5.74) is 9.22. The Morgan fingerprint density at radius 1 is 1.15 bits per heavy atom. The molecule has 3 heterocycles. The van der Waals surface area contributed by atoms with Crippen molar-refractivity contribution in [2.45, 2.75) is 12.8 Å². The molecule has 2 aliphatic heterocycles. The Balaban J connectivity index is 1.18. The highest BCUT2D eigenvalue weighted by Crippen LogP contribution is 2.25. The monoisotopic (exact) mass is 690 g/mol. The number of ether oxygens (including phenoxy) is 1. The van der Waals surface area contributed by atoms with Crippen molar-refractivity contribution in [3.8, 4) is 5.75 Å². The third-order valence-corrected chi connectivity index (χ3v) is 10.3. The molecule has 4 N–H and O–H groups in total. The molecule has 0 saturated carbocycles. The van der Waals surface area contributed by atoms with Gasteiger partial charge in [0, 0.05) is 29.5 Å². The highest BCUT2D eigenvalue weighted by atomic mass is 127. The highest BCUT2D eigenvalue weighted by Gasteiger charge is 2.18. The van der Waals surface area contributed by atoms with Crippen LogP contribution in [-0.2, 0) is 22.4 Å². The Morgan fingerprint density at radius 2 is 1.95 bits per heavy atom. The van der Waals surface area contributed by atoms with Gasteiger partial charge in [-0.3, -0.25) is 15.6 Å². The first-order chi connectivity index (χ1) is 19.8. The van der Waals surface area contributed by atoms with Crippen LogP contribution in [0, 0.1) is 5.82 Å². The summed E-state index contributed by atoms with van der Waals surface area (Å²) in [5, 5.41) is 13.7. The summed E-state index contributed by atoms with van der Waals surface area (Å²) >= 11 is 3.89. The van der Waals surface area contributed by atoms with Gasteiger partial charge in [-0.25, -0.2) is 9.37 Å². The first kappa shape index (κ1) is 28.8. The fraction of sp³-hybridized carbons (Fsp3) is 0.207. The first-order valence-electron chi connectivity index (χ1n) is 12.8. The number of nitrogens with zero attached hydrogens (tertiary/aromatic N) is 3. The fourth-order valence-corrected chi connectivity index (χ4v) is 7.53. The third-order valence-electron chi connectivity index (χ3n) is 6.32.